The second kappa shape index (κ2) is 7.86. The van der Waals surface area contributed by atoms with Crippen molar-refractivity contribution in [3.8, 4) is 5.75 Å². The summed E-state index contributed by atoms with van der Waals surface area (Å²) in [5.74, 6) is 0.464. The molecule has 0 atom stereocenters. The predicted molar refractivity (Wildman–Crippen MR) is 97.1 cm³/mol. The number of carbonyl (C=O) groups excluding carboxylic acids is 1. The van der Waals surface area contributed by atoms with Crippen LogP contribution in [0, 0.1) is 0 Å². The highest BCUT2D eigenvalue weighted by atomic mass is 32.2. The largest absolute Gasteiger partial charge is 0.490 e. The van der Waals surface area contributed by atoms with E-state index in [-0.39, 0.29) is 24.0 Å². The first kappa shape index (κ1) is 18.4. The number of amides is 1. The second-order valence-corrected chi connectivity index (χ2v) is 7.45. The molecule has 0 radical (unpaired) electrons. The molecule has 8 heteroatoms. The van der Waals surface area contributed by atoms with Crippen LogP contribution in [-0.2, 0) is 14.8 Å². The number of carbonyl (C=O) groups is 1. The number of hydrogen-bond acceptors (Lipinski definition) is 5. The summed E-state index contributed by atoms with van der Waals surface area (Å²) in [7, 11) is -2.12. The quantitative estimate of drug-likeness (QED) is 0.775. The normalized spacial score (nSPS) is 13.8. The number of hydrogen-bond donors (Lipinski definition) is 1. The molecule has 0 saturated heterocycles. The molecule has 1 amide bonds. The molecular formula is C18H20N2O5S. The van der Waals surface area contributed by atoms with Gasteiger partial charge in [-0.2, -0.15) is 0 Å². The van der Waals surface area contributed by atoms with Crippen LogP contribution in [0.25, 0.3) is 0 Å². The van der Waals surface area contributed by atoms with Gasteiger partial charge in [-0.25, -0.2) is 13.1 Å². The van der Waals surface area contributed by atoms with Crippen LogP contribution in [-0.4, -0.2) is 47.7 Å². The number of benzene rings is 2. The van der Waals surface area contributed by atoms with Crippen molar-refractivity contribution in [2.45, 2.75) is 4.90 Å². The van der Waals surface area contributed by atoms with Crippen LogP contribution in [0.4, 0.5) is 5.69 Å². The average molecular weight is 376 g/mol. The molecule has 26 heavy (non-hydrogen) atoms. The molecule has 3 rings (SSSR count). The molecule has 2 aromatic carbocycles. The van der Waals surface area contributed by atoms with Crippen LogP contribution in [0.2, 0.25) is 0 Å². The van der Waals surface area contributed by atoms with E-state index in [9.17, 15) is 13.2 Å². The third-order valence-corrected chi connectivity index (χ3v) is 5.46. The summed E-state index contributed by atoms with van der Waals surface area (Å²) in [6.45, 7) is 1.32. The highest BCUT2D eigenvalue weighted by Crippen LogP contribution is 2.32. The zero-order chi connectivity index (χ0) is 18.6. The van der Waals surface area contributed by atoms with Gasteiger partial charge in [0, 0.05) is 19.2 Å². The van der Waals surface area contributed by atoms with E-state index in [4.69, 9.17) is 9.47 Å². The lowest BCUT2D eigenvalue weighted by atomic mass is 10.1. The molecule has 1 N–H and O–H groups in total. The van der Waals surface area contributed by atoms with Crippen molar-refractivity contribution in [2.24, 2.45) is 0 Å². The summed E-state index contributed by atoms with van der Waals surface area (Å²) < 4.78 is 37.2. The van der Waals surface area contributed by atoms with Crippen LogP contribution in [0.5, 0.6) is 5.75 Å². The molecule has 0 aromatic heterocycles. The van der Waals surface area contributed by atoms with Crippen LogP contribution in [0.3, 0.4) is 0 Å². The SMILES string of the molecule is COCCNS(=O)(=O)c1ccc(C(=O)N2CCOc3ccccc32)cc1. The Bertz CT molecular complexity index is 881. The maximum absolute atomic E-state index is 12.8. The number of ether oxygens (including phenoxy) is 2. The van der Waals surface area contributed by atoms with Crippen molar-refractivity contribution in [1.29, 1.82) is 0 Å². The van der Waals surface area contributed by atoms with Gasteiger partial charge in [-0.15, -0.1) is 0 Å². The van der Waals surface area contributed by atoms with Crippen molar-refractivity contribution in [2.75, 3.05) is 38.3 Å². The van der Waals surface area contributed by atoms with E-state index in [2.05, 4.69) is 4.72 Å². The molecule has 0 unspecified atom stereocenters. The topological polar surface area (TPSA) is 84.9 Å². The minimum Gasteiger partial charge on any atom is -0.490 e. The predicted octanol–water partition coefficient (Wildman–Crippen LogP) is 1.65. The second-order valence-electron chi connectivity index (χ2n) is 5.69. The van der Waals surface area contributed by atoms with E-state index in [1.165, 1.54) is 31.4 Å². The Balaban J connectivity index is 1.78. The molecule has 1 aliphatic heterocycles. The standard InChI is InChI=1S/C18H20N2O5S/c1-24-12-10-19-26(22,23)15-8-6-14(7-9-15)18(21)20-11-13-25-17-5-3-2-4-16(17)20/h2-9,19H,10-13H2,1H3. The van der Waals surface area contributed by atoms with Crippen LogP contribution in [0.1, 0.15) is 10.4 Å². The number of nitrogens with one attached hydrogen (secondary N) is 1. The zero-order valence-corrected chi connectivity index (χ0v) is 15.2. The van der Waals surface area contributed by atoms with Gasteiger partial charge in [-0.3, -0.25) is 4.79 Å². The minimum atomic E-state index is -3.62. The molecule has 0 spiro atoms. The Labute approximate surface area is 152 Å². The number of para-hydroxylation sites is 2. The third-order valence-electron chi connectivity index (χ3n) is 3.98. The number of fused-ring (bicyclic) bond motifs is 1. The van der Waals surface area contributed by atoms with E-state index >= 15 is 0 Å². The zero-order valence-electron chi connectivity index (χ0n) is 14.3. The first-order valence-electron chi connectivity index (χ1n) is 8.15. The Morgan fingerprint density at radius 2 is 1.92 bits per heavy atom. The van der Waals surface area contributed by atoms with Crippen molar-refractivity contribution < 1.29 is 22.7 Å². The maximum Gasteiger partial charge on any atom is 0.258 e. The maximum atomic E-state index is 12.8. The van der Waals surface area contributed by atoms with E-state index in [1.54, 1.807) is 4.90 Å². The first-order chi connectivity index (χ1) is 12.5. The van der Waals surface area contributed by atoms with Gasteiger partial charge in [0.1, 0.15) is 12.4 Å². The van der Waals surface area contributed by atoms with E-state index < -0.39 is 10.0 Å². The monoisotopic (exact) mass is 376 g/mol. The van der Waals surface area contributed by atoms with Gasteiger partial charge in [0.15, 0.2) is 0 Å². The smallest absolute Gasteiger partial charge is 0.258 e. The number of anilines is 1. The van der Waals surface area contributed by atoms with Crippen LogP contribution in [0.15, 0.2) is 53.4 Å². The lowest BCUT2D eigenvalue weighted by Gasteiger charge is -2.29. The minimum absolute atomic E-state index is 0.104. The van der Waals surface area contributed by atoms with Crippen molar-refractivity contribution in [3.63, 3.8) is 0 Å². The molecule has 0 saturated carbocycles. The van der Waals surface area contributed by atoms with E-state index in [0.29, 0.717) is 30.2 Å². The Hall–Kier alpha value is -2.42. The highest BCUT2D eigenvalue weighted by molar-refractivity contribution is 7.89. The van der Waals surface area contributed by atoms with Crippen molar-refractivity contribution >= 4 is 21.6 Å². The van der Waals surface area contributed by atoms with Gasteiger partial charge in [-0.05, 0) is 36.4 Å². The summed E-state index contributed by atoms with van der Waals surface area (Å²) in [6.07, 6.45) is 0. The fraction of sp³-hybridized carbons (Fsp3) is 0.278. The molecule has 2 aromatic rings. The highest BCUT2D eigenvalue weighted by Gasteiger charge is 2.24. The summed E-state index contributed by atoms with van der Waals surface area (Å²) >= 11 is 0. The number of rotatable bonds is 6. The van der Waals surface area contributed by atoms with Crippen molar-refractivity contribution in [1.82, 2.24) is 4.72 Å². The molecule has 0 aliphatic carbocycles. The molecule has 0 fully saturated rings. The van der Waals surface area contributed by atoms with Gasteiger partial charge in [-0.1, -0.05) is 12.1 Å². The lowest BCUT2D eigenvalue weighted by molar-refractivity contribution is 0.0976. The third kappa shape index (κ3) is 3.87. The molecule has 0 bridgehead atoms. The molecule has 7 nitrogen and oxygen atoms in total. The van der Waals surface area contributed by atoms with E-state index in [1.807, 2.05) is 24.3 Å². The number of nitrogens with zero attached hydrogens (tertiary/aromatic N) is 1. The first-order valence-corrected chi connectivity index (χ1v) is 9.63. The summed E-state index contributed by atoms with van der Waals surface area (Å²) in [6, 6.07) is 13.2. The fourth-order valence-electron chi connectivity index (χ4n) is 2.67. The molecule has 1 heterocycles. The molecular weight excluding hydrogens is 356 g/mol. The van der Waals surface area contributed by atoms with Gasteiger partial charge < -0.3 is 14.4 Å². The summed E-state index contributed by atoms with van der Waals surface area (Å²) in [4.78, 5) is 14.6. The molecule has 1 aliphatic rings. The van der Waals surface area contributed by atoms with Gasteiger partial charge in [0.05, 0.1) is 23.7 Å². The van der Waals surface area contributed by atoms with Gasteiger partial charge >= 0.3 is 0 Å². The number of sulfonamides is 1. The van der Waals surface area contributed by atoms with Crippen molar-refractivity contribution in [3.05, 3.63) is 54.1 Å². The fourth-order valence-corrected chi connectivity index (χ4v) is 3.69. The van der Waals surface area contributed by atoms with E-state index in [0.717, 1.165) is 0 Å². The van der Waals surface area contributed by atoms with Gasteiger partial charge in [0.2, 0.25) is 10.0 Å². The van der Waals surface area contributed by atoms with Crippen LogP contribution < -0.4 is 14.4 Å². The lowest BCUT2D eigenvalue weighted by Crippen LogP contribution is -2.37. The Morgan fingerprint density at radius 3 is 2.65 bits per heavy atom. The summed E-state index contributed by atoms with van der Waals surface area (Å²) in [5.41, 5.74) is 1.12. The average Bonchev–Trinajstić information content (AvgIpc) is 2.67. The van der Waals surface area contributed by atoms with Crippen LogP contribution >= 0.6 is 0 Å². The number of methoxy groups -OCH3 is 1. The molecule has 138 valence electrons. The van der Waals surface area contributed by atoms with Gasteiger partial charge in [0.25, 0.3) is 5.91 Å². The Morgan fingerprint density at radius 1 is 1.19 bits per heavy atom. The summed E-state index contributed by atoms with van der Waals surface area (Å²) in [5, 5.41) is 0. The Kier molecular flexibility index (Phi) is 5.55.